The molecule has 1 heterocycles. The van der Waals surface area contributed by atoms with Crippen molar-refractivity contribution in [2.75, 3.05) is 6.26 Å². The maximum absolute atomic E-state index is 13.1. The first-order chi connectivity index (χ1) is 14.8. The summed E-state index contributed by atoms with van der Waals surface area (Å²) in [6, 6.07) is 12.3. The van der Waals surface area contributed by atoms with E-state index in [1.54, 1.807) is 23.6 Å². The molecule has 32 heavy (non-hydrogen) atoms. The van der Waals surface area contributed by atoms with Crippen molar-refractivity contribution in [3.8, 4) is 11.1 Å². The lowest BCUT2D eigenvalue weighted by atomic mass is 10.1. The van der Waals surface area contributed by atoms with Crippen LogP contribution in [-0.4, -0.2) is 26.6 Å². The van der Waals surface area contributed by atoms with Crippen molar-refractivity contribution in [3.63, 3.8) is 0 Å². The first-order valence-corrected chi connectivity index (χ1v) is 12.3. The minimum Gasteiger partial charge on any atom is -0.395 e. The smallest absolute Gasteiger partial charge is 0.395 e. The van der Waals surface area contributed by atoms with E-state index in [1.165, 1.54) is 30.3 Å². The number of nitrogens with two attached hydrogens (primary N) is 1. The van der Waals surface area contributed by atoms with Crippen molar-refractivity contribution in [2.24, 2.45) is 10.7 Å². The Morgan fingerprint density at radius 1 is 1.09 bits per heavy atom. The number of thiophene rings is 1. The molecule has 0 fully saturated rings. The Hall–Kier alpha value is -2.33. The molecular weight excluding hydrogens is 504 g/mol. The summed E-state index contributed by atoms with van der Waals surface area (Å²) in [5, 5.41) is 2.19. The number of alkyl halides is 3. The van der Waals surface area contributed by atoms with E-state index in [0.29, 0.717) is 21.0 Å². The van der Waals surface area contributed by atoms with Crippen LogP contribution >= 0.6 is 34.5 Å². The van der Waals surface area contributed by atoms with Crippen LogP contribution in [0, 0.1) is 0 Å². The lowest BCUT2D eigenvalue weighted by molar-refractivity contribution is -0.0925. The number of benzene rings is 2. The molecule has 0 unspecified atom stereocenters. The van der Waals surface area contributed by atoms with E-state index in [1.807, 2.05) is 0 Å². The number of hydrogen-bond donors (Lipinski definition) is 1. The summed E-state index contributed by atoms with van der Waals surface area (Å²) in [6.45, 7) is 0. The summed E-state index contributed by atoms with van der Waals surface area (Å²) < 4.78 is 62.9. The molecular formula is C21H15Cl2F3N2O2S2. The fraction of sp³-hybridized carbons (Fsp3) is 0.0952. The molecule has 1 aromatic heterocycles. The summed E-state index contributed by atoms with van der Waals surface area (Å²) in [6.07, 6.45) is -2.93. The molecule has 0 aliphatic carbocycles. The third-order valence-electron chi connectivity index (χ3n) is 4.22. The average Bonchev–Trinajstić information content (AvgIpc) is 3.19. The maximum Gasteiger partial charge on any atom is 0.430 e. The minimum atomic E-state index is -4.75. The van der Waals surface area contributed by atoms with E-state index >= 15 is 0 Å². The Kier molecular flexibility index (Phi) is 7.04. The van der Waals surface area contributed by atoms with Crippen molar-refractivity contribution in [3.05, 3.63) is 80.6 Å². The molecule has 168 valence electrons. The first kappa shape index (κ1) is 24.3. The third-order valence-corrected chi connectivity index (χ3v) is 6.83. The zero-order valence-corrected chi connectivity index (χ0v) is 19.5. The van der Waals surface area contributed by atoms with E-state index in [0.717, 1.165) is 23.7 Å². The van der Waals surface area contributed by atoms with E-state index in [-0.39, 0.29) is 21.3 Å². The fourth-order valence-electron chi connectivity index (χ4n) is 2.62. The van der Waals surface area contributed by atoms with Gasteiger partial charge in [0.25, 0.3) is 0 Å². The van der Waals surface area contributed by atoms with Gasteiger partial charge >= 0.3 is 6.18 Å². The van der Waals surface area contributed by atoms with E-state index in [4.69, 9.17) is 28.9 Å². The van der Waals surface area contributed by atoms with Crippen molar-refractivity contribution >= 4 is 55.8 Å². The molecule has 0 amide bonds. The third kappa shape index (κ3) is 5.92. The molecule has 0 atom stereocenters. The van der Waals surface area contributed by atoms with Gasteiger partial charge in [0.1, 0.15) is 5.70 Å². The molecule has 3 rings (SSSR count). The molecule has 0 aliphatic heterocycles. The van der Waals surface area contributed by atoms with Gasteiger partial charge in [-0.15, -0.1) is 11.3 Å². The van der Waals surface area contributed by atoms with Gasteiger partial charge in [0.05, 0.1) is 26.2 Å². The summed E-state index contributed by atoms with van der Waals surface area (Å²) in [7, 11) is -3.42. The highest BCUT2D eigenvalue weighted by atomic mass is 35.5. The van der Waals surface area contributed by atoms with Gasteiger partial charge in [0.15, 0.2) is 9.84 Å². The first-order valence-electron chi connectivity index (χ1n) is 8.82. The van der Waals surface area contributed by atoms with Crippen molar-refractivity contribution in [1.29, 1.82) is 0 Å². The van der Waals surface area contributed by atoms with E-state index in [9.17, 15) is 21.6 Å². The predicted octanol–water partition coefficient (Wildman–Crippen LogP) is 6.65. The van der Waals surface area contributed by atoms with Crippen LogP contribution in [0.5, 0.6) is 0 Å². The molecule has 4 nitrogen and oxygen atoms in total. The number of allylic oxidation sites excluding steroid dienone is 2. The predicted molar refractivity (Wildman–Crippen MR) is 124 cm³/mol. The van der Waals surface area contributed by atoms with Gasteiger partial charge in [-0.1, -0.05) is 35.3 Å². The summed E-state index contributed by atoms with van der Waals surface area (Å²) in [4.78, 5) is 4.76. The summed E-state index contributed by atoms with van der Waals surface area (Å²) in [5.74, 6) is 0. The number of halogens is 5. The molecule has 0 aliphatic rings. The lowest BCUT2D eigenvalue weighted by Gasteiger charge is -2.08. The van der Waals surface area contributed by atoms with Gasteiger partial charge in [-0.3, -0.25) is 0 Å². The molecule has 0 bridgehead atoms. The molecule has 0 spiro atoms. The van der Waals surface area contributed by atoms with Crippen molar-refractivity contribution in [1.82, 2.24) is 0 Å². The Morgan fingerprint density at radius 3 is 2.47 bits per heavy atom. The van der Waals surface area contributed by atoms with Crippen LogP contribution in [-0.2, 0) is 9.84 Å². The Balaban J connectivity index is 2.12. The normalized spacial score (nSPS) is 13.4. The monoisotopic (exact) mass is 518 g/mol. The highest BCUT2D eigenvalue weighted by molar-refractivity contribution is 7.90. The van der Waals surface area contributed by atoms with Gasteiger partial charge in [0, 0.05) is 11.3 Å². The molecule has 0 radical (unpaired) electrons. The number of rotatable bonds is 5. The molecule has 2 N–H and O–H groups in total. The van der Waals surface area contributed by atoms with E-state index < -0.39 is 21.7 Å². The SMILES string of the molecule is CS(=O)(=O)c1cccc(-c2csc(C(C=C(N)C(F)(F)F)=Nc3cc(Cl)ccc3Cl)c2)c1. The highest BCUT2D eigenvalue weighted by Gasteiger charge is 2.32. The molecule has 2 aromatic carbocycles. The van der Waals surface area contributed by atoms with Gasteiger partial charge in [0.2, 0.25) is 0 Å². The maximum atomic E-state index is 13.1. The van der Waals surface area contributed by atoms with Crippen molar-refractivity contribution in [2.45, 2.75) is 11.1 Å². The molecule has 3 aromatic rings. The van der Waals surface area contributed by atoms with E-state index in [2.05, 4.69) is 4.99 Å². The second kappa shape index (κ2) is 9.27. The number of sulfone groups is 1. The topological polar surface area (TPSA) is 72.5 Å². The minimum absolute atomic E-state index is 0.0699. The van der Waals surface area contributed by atoms with Gasteiger partial charge < -0.3 is 5.73 Å². The quantitative estimate of drug-likeness (QED) is 0.384. The van der Waals surface area contributed by atoms with Crippen LogP contribution in [0.25, 0.3) is 11.1 Å². The Labute approximate surface area is 196 Å². The fourth-order valence-corrected chi connectivity index (χ4v) is 4.49. The van der Waals surface area contributed by atoms with Crippen LogP contribution < -0.4 is 5.73 Å². The number of nitrogens with zero attached hydrogens (tertiary/aromatic N) is 1. The number of aliphatic imine (C=N–C) groups is 1. The summed E-state index contributed by atoms with van der Waals surface area (Å²) in [5.41, 5.74) is 5.20. The summed E-state index contributed by atoms with van der Waals surface area (Å²) >= 11 is 13.2. The zero-order valence-electron chi connectivity index (χ0n) is 16.3. The standard InChI is InChI=1S/C21H15Cl2F3N2O2S2/c1-32(29,30)15-4-2-3-12(7-15)13-8-19(31-11-13)18(10-20(27)21(24,25)26)28-17-9-14(22)5-6-16(17)23/h2-11H,27H2,1H3. The van der Waals surface area contributed by atoms with Crippen LogP contribution in [0.1, 0.15) is 4.88 Å². The van der Waals surface area contributed by atoms with Crippen LogP contribution in [0.15, 0.2) is 75.6 Å². The average molecular weight is 519 g/mol. The second-order valence-electron chi connectivity index (χ2n) is 6.69. The van der Waals surface area contributed by atoms with Gasteiger partial charge in [-0.05, 0) is 59.0 Å². The van der Waals surface area contributed by atoms with Crippen LogP contribution in [0.4, 0.5) is 18.9 Å². The zero-order chi connectivity index (χ0) is 23.7. The molecule has 11 heteroatoms. The highest BCUT2D eigenvalue weighted by Crippen LogP contribution is 2.33. The Morgan fingerprint density at radius 2 is 1.81 bits per heavy atom. The lowest BCUT2D eigenvalue weighted by Crippen LogP contribution is -2.20. The van der Waals surface area contributed by atoms with Crippen LogP contribution in [0.2, 0.25) is 10.0 Å². The molecule has 0 saturated heterocycles. The number of hydrogen-bond acceptors (Lipinski definition) is 5. The molecule has 0 saturated carbocycles. The van der Waals surface area contributed by atoms with Gasteiger partial charge in [-0.2, -0.15) is 13.2 Å². The second-order valence-corrected chi connectivity index (χ2v) is 10.5. The van der Waals surface area contributed by atoms with Crippen LogP contribution in [0.3, 0.4) is 0 Å². The Bertz CT molecular complexity index is 1330. The van der Waals surface area contributed by atoms with Gasteiger partial charge in [-0.25, -0.2) is 13.4 Å². The largest absolute Gasteiger partial charge is 0.430 e. The van der Waals surface area contributed by atoms with Crippen molar-refractivity contribution < 1.29 is 21.6 Å².